The summed E-state index contributed by atoms with van der Waals surface area (Å²) < 4.78 is 19.8. The first-order chi connectivity index (χ1) is 14.3. The van der Waals surface area contributed by atoms with Crippen molar-refractivity contribution in [3.8, 4) is 0 Å². The summed E-state index contributed by atoms with van der Waals surface area (Å²) in [7, 11) is 1.68. The van der Waals surface area contributed by atoms with Crippen LogP contribution in [0.3, 0.4) is 0 Å². The number of rotatable bonds is 11. The van der Waals surface area contributed by atoms with Crippen molar-refractivity contribution in [1.29, 1.82) is 0 Å². The number of halogens is 1. The molecule has 11 heteroatoms. The van der Waals surface area contributed by atoms with Crippen molar-refractivity contribution in [2.75, 3.05) is 38.7 Å². The fourth-order valence-corrected chi connectivity index (χ4v) is 4.39. The first-order valence-corrected chi connectivity index (χ1v) is 10.7. The van der Waals surface area contributed by atoms with Crippen LogP contribution in [0.4, 0.5) is 5.82 Å². The van der Waals surface area contributed by atoms with E-state index in [2.05, 4.69) is 32.9 Å². The average molecular weight is 488 g/mol. The molecule has 30 heavy (non-hydrogen) atoms. The Morgan fingerprint density at radius 1 is 1.30 bits per heavy atom. The zero-order valence-corrected chi connectivity index (χ0v) is 19.4. The van der Waals surface area contributed by atoms with Crippen LogP contribution >= 0.6 is 15.9 Å². The zero-order valence-electron chi connectivity index (χ0n) is 17.8. The predicted molar refractivity (Wildman–Crippen MR) is 115 cm³/mol. The molecule has 0 aromatic carbocycles. The Morgan fingerprint density at radius 2 is 1.87 bits per heavy atom. The summed E-state index contributed by atoms with van der Waals surface area (Å²) in [6, 6.07) is -0.843. The van der Waals surface area contributed by atoms with Crippen molar-refractivity contribution in [3.05, 3.63) is 22.8 Å². The summed E-state index contributed by atoms with van der Waals surface area (Å²) in [6.07, 6.45) is 1.66. The molecule has 1 aliphatic heterocycles. The number of hydrogen-bond acceptors (Lipinski definition) is 7. The minimum atomic E-state index is -1.43. The molecule has 3 N–H and O–H groups in total. The maximum Gasteiger partial charge on any atom is 0.304 e. The number of anilines is 1. The highest BCUT2D eigenvalue weighted by Gasteiger charge is 2.52. The smallest absolute Gasteiger partial charge is 0.304 e. The number of hydrogen-bond donors (Lipinski definition) is 2. The molecule has 1 aliphatic rings. The minimum absolute atomic E-state index is 0.244. The molecule has 168 valence electrons. The van der Waals surface area contributed by atoms with Crippen LogP contribution in [0.1, 0.15) is 43.6 Å². The zero-order chi connectivity index (χ0) is 22.5. The monoisotopic (exact) mass is 487 g/mol. The molecule has 0 bridgehead atoms. The van der Waals surface area contributed by atoms with Gasteiger partial charge in [0.1, 0.15) is 22.0 Å². The minimum Gasteiger partial charge on any atom is -0.373 e. The number of ether oxygens (including phenoxy) is 3. The normalized spacial score (nSPS) is 19.2. The van der Waals surface area contributed by atoms with Gasteiger partial charge in [0.05, 0.1) is 6.04 Å². The predicted octanol–water partition coefficient (Wildman–Crippen LogP) is 1.88. The van der Waals surface area contributed by atoms with Crippen molar-refractivity contribution in [2.45, 2.75) is 45.2 Å². The molecule has 0 saturated carbocycles. The van der Waals surface area contributed by atoms with Crippen molar-refractivity contribution < 1.29 is 23.8 Å². The highest BCUT2D eigenvalue weighted by Crippen LogP contribution is 2.39. The van der Waals surface area contributed by atoms with Gasteiger partial charge in [-0.1, -0.05) is 6.58 Å². The number of aromatic nitrogens is 2. The van der Waals surface area contributed by atoms with Crippen molar-refractivity contribution in [3.63, 3.8) is 0 Å². The second kappa shape index (κ2) is 10.4. The molecule has 10 nitrogen and oxygen atoms in total. The molecule has 2 rings (SSSR count). The van der Waals surface area contributed by atoms with Crippen LogP contribution in [0.5, 0.6) is 0 Å². The Balaban J connectivity index is 2.53. The first-order valence-electron chi connectivity index (χ1n) is 9.90. The maximum atomic E-state index is 12.7. The van der Waals surface area contributed by atoms with Crippen LogP contribution in [-0.4, -0.2) is 71.9 Å². The molecule has 2 atom stereocenters. The number of primary amides is 1. The Bertz CT molecular complexity index is 767. The van der Waals surface area contributed by atoms with Gasteiger partial charge >= 0.3 is 5.97 Å². The number of amides is 2. The Labute approximate surface area is 184 Å². The number of carbonyl (C=O) groups is 2. The van der Waals surface area contributed by atoms with E-state index >= 15 is 0 Å². The van der Waals surface area contributed by atoms with E-state index in [1.165, 1.54) is 6.08 Å². The third kappa shape index (κ3) is 4.53. The molecule has 0 spiro atoms. The Hall–Kier alpha value is -1.95. The summed E-state index contributed by atoms with van der Waals surface area (Å²) in [6.45, 7) is 10.4. The lowest BCUT2D eigenvalue weighted by Gasteiger charge is -2.40. The van der Waals surface area contributed by atoms with Gasteiger partial charge in [0.25, 0.3) is 5.91 Å². The molecule has 1 saturated heterocycles. The number of nitrogens with zero attached hydrogens (tertiary/aromatic N) is 3. The van der Waals surface area contributed by atoms with Gasteiger partial charge in [-0.3, -0.25) is 9.59 Å². The van der Waals surface area contributed by atoms with Gasteiger partial charge in [-0.15, -0.1) is 0 Å². The van der Waals surface area contributed by atoms with Crippen molar-refractivity contribution >= 4 is 33.6 Å². The largest absolute Gasteiger partial charge is 0.373 e. The van der Waals surface area contributed by atoms with Crippen LogP contribution in [-0.2, 0) is 19.0 Å². The highest BCUT2D eigenvalue weighted by atomic mass is 79.9. The third-order valence-corrected chi connectivity index (χ3v) is 5.43. The molecule has 1 aromatic rings. The van der Waals surface area contributed by atoms with Crippen LogP contribution in [0, 0.1) is 0 Å². The number of nitrogens with one attached hydrogen (secondary N) is 1. The molecule has 0 aliphatic carbocycles. The fraction of sp³-hybridized carbons (Fsp3) is 0.632. The van der Waals surface area contributed by atoms with E-state index in [1.54, 1.807) is 16.6 Å². The van der Waals surface area contributed by atoms with E-state index in [0.29, 0.717) is 43.2 Å². The Morgan fingerprint density at radius 3 is 2.30 bits per heavy atom. The van der Waals surface area contributed by atoms with E-state index in [-0.39, 0.29) is 17.5 Å². The topological polar surface area (TPSA) is 121 Å². The molecular formula is C19H30BrN5O5. The van der Waals surface area contributed by atoms with Gasteiger partial charge < -0.3 is 30.2 Å². The van der Waals surface area contributed by atoms with Gasteiger partial charge in [0, 0.05) is 33.4 Å². The summed E-state index contributed by atoms with van der Waals surface area (Å²) in [4.78, 5) is 26.2. The summed E-state index contributed by atoms with van der Waals surface area (Å²) in [5.41, 5.74) is 5.76. The average Bonchev–Trinajstić information content (AvgIpc) is 3.29. The summed E-state index contributed by atoms with van der Waals surface area (Å²) in [5.74, 6) is -1.86. The molecule has 1 aromatic heterocycles. The van der Waals surface area contributed by atoms with Crippen LogP contribution in [0.25, 0.3) is 0 Å². The van der Waals surface area contributed by atoms with Crippen molar-refractivity contribution in [2.24, 2.45) is 5.73 Å². The van der Waals surface area contributed by atoms with E-state index < -0.39 is 17.9 Å². The van der Waals surface area contributed by atoms with Gasteiger partial charge in [-0.25, -0.2) is 4.68 Å². The number of nitrogens with two attached hydrogens (primary N) is 1. The van der Waals surface area contributed by atoms with Crippen molar-refractivity contribution in [1.82, 2.24) is 14.7 Å². The fourth-order valence-electron chi connectivity index (χ4n) is 3.83. The quantitative estimate of drug-likeness (QED) is 0.360. The Kier molecular flexibility index (Phi) is 8.42. The standard InChI is InChI=1S/C19H30BrN5O5/c1-6-14(26)24-11-12(25-18(22-5)15(17(21)27)16(20)23-25)10-13(24)19(28-7-2,29-8-3)30-9-4/h6,12-13,22H,1,7-11H2,2-5H3,(H2,21,27)/t12-,13+/m0/s1. The van der Waals surface area contributed by atoms with Crippen LogP contribution in [0.2, 0.25) is 0 Å². The molecular weight excluding hydrogens is 458 g/mol. The number of likely N-dealkylation sites (tertiary alicyclic amines) is 1. The summed E-state index contributed by atoms with van der Waals surface area (Å²) >= 11 is 3.30. The SMILES string of the molecule is C=CC(=O)N1C[C@@H](n2nc(Br)c(C(N)=O)c2NC)C[C@@H]1C(OCC)(OCC)OCC. The van der Waals surface area contributed by atoms with Gasteiger partial charge in [0.15, 0.2) is 0 Å². The molecule has 0 unspecified atom stereocenters. The van der Waals surface area contributed by atoms with Gasteiger partial charge in [-0.05, 0) is 49.2 Å². The second-order valence-electron chi connectivity index (χ2n) is 6.58. The van der Waals surface area contributed by atoms with Crippen LogP contribution in [0.15, 0.2) is 17.3 Å². The lowest BCUT2D eigenvalue weighted by Crippen LogP contribution is -2.56. The molecule has 0 radical (unpaired) electrons. The van der Waals surface area contributed by atoms with E-state index in [9.17, 15) is 9.59 Å². The van der Waals surface area contributed by atoms with E-state index in [0.717, 1.165) is 0 Å². The van der Waals surface area contributed by atoms with Gasteiger partial charge in [-0.2, -0.15) is 5.10 Å². The third-order valence-electron chi connectivity index (χ3n) is 4.88. The van der Waals surface area contributed by atoms with E-state index in [1.807, 2.05) is 20.8 Å². The summed E-state index contributed by atoms with van der Waals surface area (Å²) in [5, 5.41) is 7.43. The number of carbonyl (C=O) groups excluding carboxylic acids is 2. The van der Waals surface area contributed by atoms with Gasteiger partial charge in [0.2, 0.25) is 5.91 Å². The van der Waals surface area contributed by atoms with E-state index in [4.69, 9.17) is 19.9 Å². The second-order valence-corrected chi connectivity index (χ2v) is 7.33. The lowest BCUT2D eigenvalue weighted by molar-refractivity contribution is -0.395. The maximum absolute atomic E-state index is 12.7. The first kappa shape index (κ1) is 24.3. The molecule has 2 heterocycles. The van der Waals surface area contributed by atoms with Crippen LogP contribution < -0.4 is 11.1 Å². The highest BCUT2D eigenvalue weighted by molar-refractivity contribution is 9.10. The molecule has 2 amide bonds. The molecule has 1 fully saturated rings. The lowest BCUT2D eigenvalue weighted by atomic mass is 10.1.